The third-order valence-electron chi connectivity index (χ3n) is 5.69. The Kier molecular flexibility index (Phi) is 5.16. The largest absolute Gasteiger partial charge is 0.438 e. The fourth-order valence-electron chi connectivity index (χ4n) is 3.93. The third-order valence-corrected chi connectivity index (χ3v) is 5.69. The molecule has 2 N–H and O–H groups in total. The maximum Gasteiger partial charge on any atom is 0.261 e. The van der Waals surface area contributed by atoms with E-state index < -0.39 is 0 Å². The summed E-state index contributed by atoms with van der Waals surface area (Å²) in [6.45, 7) is 0. The Labute approximate surface area is 200 Å². The van der Waals surface area contributed by atoms with Gasteiger partial charge in [-0.1, -0.05) is 48.5 Å². The molecule has 4 aromatic carbocycles. The monoisotopic (exact) mass is 456 g/mol. The molecule has 6 rings (SSSR count). The Hall–Kier alpha value is -4.97. The highest BCUT2D eigenvalue weighted by Crippen LogP contribution is 2.22. The summed E-state index contributed by atoms with van der Waals surface area (Å²) in [5, 5.41) is 3.79. The summed E-state index contributed by atoms with van der Waals surface area (Å²) in [6, 6.07) is 34.2. The van der Waals surface area contributed by atoms with E-state index in [1.54, 1.807) is 6.07 Å². The van der Waals surface area contributed by atoms with Crippen LogP contribution in [0.25, 0.3) is 33.4 Å². The van der Waals surface area contributed by atoms with Gasteiger partial charge in [0.2, 0.25) is 5.55 Å². The number of aromatic amines is 1. The number of benzene rings is 4. The van der Waals surface area contributed by atoms with Crippen molar-refractivity contribution in [3.8, 4) is 11.4 Å². The number of imidazole rings is 1. The van der Waals surface area contributed by atoms with Crippen LogP contribution in [0, 0.1) is 0 Å². The van der Waals surface area contributed by atoms with Crippen molar-refractivity contribution in [3.63, 3.8) is 0 Å². The molecule has 0 unspecified atom stereocenters. The van der Waals surface area contributed by atoms with Gasteiger partial charge in [0, 0.05) is 16.6 Å². The zero-order chi connectivity index (χ0) is 23.6. The molecule has 0 saturated carbocycles. The van der Waals surface area contributed by atoms with Crippen LogP contribution in [0.2, 0.25) is 0 Å². The van der Waals surface area contributed by atoms with E-state index in [1.807, 2.05) is 103 Å². The second-order valence-corrected chi connectivity index (χ2v) is 8.08. The van der Waals surface area contributed by atoms with E-state index in [0.29, 0.717) is 22.5 Å². The first kappa shape index (κ1) is 20.6. The minimum Gasteiger partial charge on any atom is -0.438 e. The topological polar surface area (TPSA) is 83.3 Å². The molecule has 168 valence electrons. The van der Waals surface area contributed by atoms with Gasteiger partial charge in [-0.2, -0.15) is 0 Å². The number of carbonyl (C=O) groups excluding carboxylic acids is 1. The van der Waals surface area contributed by atoms with E-state index >= 15 is 0 Å². The molecule has 1 amide bonds. The number of hydrogen-bond acceptors (Lipinski definition) is 4. The average Bonchev–Trinajstić information content (AvgIpc) is 3.34. The molecular formula is C29H20N4O2. The Morgan fingerprint density at radius 2 is 1.57 bits per heavy atom. The second-order valence-electron chi connectivity index (χ2n) is 8.08. The molecule has 0 aliphatic rings. The zero-order valence-electron chi connectivity index (χ0n) is 18.6. The van der Waals surface area contributed by atoms with Crippen LogP contribution < -0.4 is 10.9 Å². The molecule has 0 radical (unpaired) electrons. The molecule has 6 aromatic rings. The molecule has 0 fully saturated rings. The summed E-state index contributed by atoms with van der Waals surface area (Å²) in [7, 11) is 0. The number of fused-ring (bicyclic) bond motifs is 2. The standard InChI is InChI=1S/C29H20N4O2/c34-28(30-22-16-14-19(15-17-22)27-32-24-11-5-6-12-25(24)33-27)23-18-20-8-4-7-13-26(20)35-29(23)31-21-9-2-1-3-10-21/h1-18H,(H,30,34)(H,32,33). The fraction of sp³-hybridized carbons (Fsp3) is 0. The lowest BCUT2D eigenvalue weighted by Crippen LogP contribution is -2.21. The lowest BCUT2D eigenvalue weighted by molar-refractivity contribution is 0.102. The quantitative estimate of drug-likeness (QED) is 0.319. The van der Waals surface area contributed by atoms with Crippen molar-refractivity contribution in [1.82, 2.24) is 9.97 Å². The van der Waals surface area contributed by atoms with Gasteiger partial charge >= 0.3 is 0 Å². The highest BCUT2D eigenvalue weighted by molar-refractivity contribution is 6.05. The van der Waals surface area contributed by atoms with Crippen LogP contribution in [-0.2, 0) is 0 Å². The van der Waals surface area contributed by atoms with E-state index in [0.717, 1.165) is 27.8 Å². The normalized spacial score (nSPS) is 11.7. The van der Waals surface area contributed by atoms with Crippen molar-refractivity contribution >= 4 is 39.3 Å². The molecule has 0 spiro atoms. The molecule has 35 heavy (non-hydrogen) atoms. The summed E-state index contributed by atoms with van der Waals surface area (Å²) in [6.07, 6.45) is 0. The minimum atomic E-state index is -0.300. The van der Waals surface area contributed by atoms with Gasteiger partial charge in [0.05, 0.1) is 16.7 Å². The lowest BCUT2D eigenvalue weighted by Gasteiger charge is -2.08. The number of aromatic nitrogens is 2. The van der Waals surface area contributed by atoms with Gasteiger partial charge in [0.25, 0.3) is 5.91 Å². The predicted octanol–water partition coefficient (Wildman–Crippen LogP) is 6.46. The summed E-state index contributed by atoms with van der Waals surface area (Å²) in [5.74, 6) is 0.479. The molecule has 6 heteroatoms. The van der Waals surface area contributed by atoms with Crippen molar-refractivity contribution in [2.75, 3.05) is 5.32 Å². The van der Waals surface area contributed by atoms with Crippen LogP contribution in [-0.4, -0.2) is 15.9 Å². The summed E-state index contributed by atoms with van der Waals surface area (Å²) in [4.78, 5) is 25.8. The van der Waals surface area contributed by atoms with E-state index in [2.05, 4.69) is 20.3 Å². The minimum absolute atomic E-state index is 0.256. The smallest absolute Gasteiger partial charge is 0.261 e. The third kappa shape index (κ3) is 4.20. The number of hydrogen-bond donors (Lipinski definition) is 2. The SMILES string of the molecule is O=C(Nc1ccc(-c2nc3ccccc3[nH]2)cc1)c1cc2ccccc2oc1=Nc1ccccc1. The van der Waals surface area contributed by atoms with E-state index in [4.69, 9.17) is 4.42 Å². The van der Waals surface area contributed by atoms with Gasteiger partial charge in [0.1, 0.15) is 17.0 Å². The first-order valence-corrected chi connectivity index (χ1v) is 11.2. The number of anilines is 1. The van der Waals surface area contributed by atoms with Crippen LogP contribution in [0.4, 0.5) is 11.4 Å². The molecule has 0 atom stereocenters. The van der Waals surface area contributed by atoms with E-state index in [9.17, 15) is 4.79 Å². The van der Waals surface area contributed by atoms with Crippen molar-refractivity contribution in [3.05, 3.63) is 120 Å². The molecule has 2 aromatic heterocycles. The highest BCUT2D eigenvalue weighted by atomic mass is 16.3. The van der Waals surface area contributed by atoms with Gasteiger partial charge in [0.15, 0.2) is 0 Å². The molecule has 0 aliphatic heterocycles. The number of carbonyl (C=O) groups is 1. The van der Waals surface area contributed by atoms with Crippen molar-refractivity contribution in [1.29, 1.82) is 0 Å². The van der Waals surface area contributed by atoms with Gasteiger partial charge in [-0.15, -0.1) is 0 Å². The molecule has 0 bridgehead atoms. The van der Waals surface area contributed by atoms with E-state index in [1.165, 1.54) is 0 Å². The van der Waals surface area contributed by atoms with Crippen molar-refractivity contribution in [2.45, 2.75) is 0 Å². The number of para-hydroxylation sites is 4. The van der Waals surface area contributed by atoms with Gasteiger partial charge in [-0.3, -0.25) is 4.79 Å². The fourth-order valence-corrected chi connectivity index (χ4v) is 3.93. The number of amides is 1. The molecule has 2 heterocycles. The summed E-state index contributed by atoms with van der Waals surface area (Å²) in [5.41, 5.74) is 5.46. The van der Waals surface area contributed by atoms with Crippen LogP contribution in [0.15, 0.2) is 119 Å². The first-order chi connectivity index (χ1) is 17.2. The Morgan fingerprint density at radius 1 is 0.829 bits per heavy atom. The Bertz CT molecular complexity index is 1700. The number of rotatable bonds is 4. The zero-order valence-corrected chi connectivity index (χ0v) is 18.6. The lowest BCUT2D eigenvalue weighted by atomic mass is 10.1. The summed E-state index contributed by atoms with van der Waals surface area (Å²) >= 11 is 0. The number of nitrogens with zero attached hydrogens (tertiary/aromatic N) is 2. The van der Waals surface area contributed by atoms with Gasteiger partial charge in [-0.25, -0.2) is 9.98 Å². The molecule has 0 aliphatic carbocycles. The second kappa shape index (κ2) is 8.76. The van der Waals surface area contributed by atoms with Gasteiger partial charge < -0.3 is 14.7 Å². The van der Waals surface area contributed by atoms with Crippen LogP contribution in [0.1, 0.15) is 10.4 Å². The maximum atomic E-state index is 13.3. The molecular weight excluding hydrogens is 436 g/mol. The number of nitrogens with one attached hydrogen (secondary N) is 2. The first-order valence-electron chi connectivity index (χ1n) is 11.2. The molecule has 6 nitrogen and oxygen atoms in total. The van der Waals surface area contributed by atoms with Crippen molar-refractivity contribution in [2.24, 2.45) is 4.99 Å². The predicted molar refractivity (Wildman–Crippen MR) is 137 cm³/mol. The van der Waals surface area contributed by atoms with Gasteiger partial charge in [-0.05, 0) is 60.7 Å². The Balaban J connectivity index is 1.33. The Morgan fingerprint density at radius 3 is 2.40 bits per heavy atom. The van der Waals surface area contributed by atoms with Crippen LogP contribution >= 0.6 is 0 Å². The summed E-state index contributed by atoms with van der Waals surface area (Å²) < 4.78 is 6.02. The molecule has 0 saturated heterocycles. The van der Waals surface area contributed by atoms with Crippen molar-refractivity contribution < 1.29 is 9.21 Å². The average molecular weight is 457 g/mol. The highest BCUT2D eigenvalue weighted by Gasteiger charge is 2.14. The van der Waals surface area contributed by atoms with Crippen LogP contribution in [0.5, 0.6) is 0 Å². The van der Waals surface area contributed by atoms with Crippen LogP contribution in [0.3, 0.4) is 0 Å². The van der Waals surface area contributed by atoms with E-state index in [-0.39, 0.29) is 11.5 Å². The maximum absolute atomic E-state index is 13.3. The number of H-pyrrole nitrogens is 1.